The van der Waals surface area contributed by atoms with Crippen molar-refractivity contribution in [3.63, 3.8) is 0 Å². The zero-order chi connectivity index (χ0) is 17.9. The third-order valence-corrected chi connectivity index (χ3v) is 6.22. The standard InChI is InChI=1S/C18H18F2O4S/c19-18(20,16-13-23-11-12-24-16)17(14-7-3-1-4-8-14)25(21,22)15-9-5-2-6-10-15/h1-10,16-17H,11-13H2. The van der Waals surface area contributed by atoms with Crippen molar-refractivity contribution >= 4 is 9.84 Å². The smallest absolute Gasteiger partial charge is 0.296 e. The minimum Gasteiger partial charge on any atom is -0.376 e. The van der Waals surface area contributed by atoms with E-state index in [9.17, 15) is 8.42 Å². The summed E-state index contributed by atoms with van der Waals surface area (Å²) in [6, 6.07) is 14.8. The van der Waals surface area contributed by atoms with Gasteiger partial charge in [-0.1, -0.05) is 48.5 Å². The molecule has 0 bridgehead atoms. The van der Waals surface area contributed by atoms with Gasteiger partial charge in [0.25, 0.3) is 5.92 Å². The summed E-state index contributed by atoms with van der Waals surface area (Å²) in [5.41, 5.74) is 0.0190. The zero-order valence-electron chi connectivity index (χ0n) is 13.3. The zero-order valence-corrected chi connectivity index (χ0v) is 14.2. The van der Waals surface area contributed by atoms with Gasteiger partial charge in [-0.2, -0.15) is 0 Å². The molecule has 25 heavy (non-hydrogen) atoms. The van der Waals surface area contributed by atoms with Crippen LogP contribution in [-0.2, 0) is 19.3 Å². The van der Waals surface area contributed by atoms with E-state index in [-0.39, 0.29) is 30.3 Å². The van der Waals surface area contributed by atoms with E-state index in [1.54, 1.807) is 12.1 Å². The predicted molar refractivity (Wildman–Crippen MR) is 88.3 cm³/mol. The number of rotatable bonds is 5. The molecule has 1 aliphatic heterocycles. The van der Waals surface area contributed by atoms with E-state index in [1.807, 2.05) is 0 Å². The molecule has 0 amide bonds. The molecule has 3 rings (SSSR count). The maximum atomic E-state index is 15.3. The summed E-state index contributed by atoms with van der Waals surface area (Å²) >= 11 is 0. The Kier molecular flexibility index (Phi) is 5.17. The predicted octanol–water partition coefficient (Wildman–Crippen LogP) is 3.25. The van der Waals surface area contributed by atoms with Gasteiger partial charge in [0.05, 0.1) is 24.7 Å². The molecule has 1 heterocycles. The Hall–Kier alpha value is -1.83. The van der Waals surface area contributed by atoms with Crippen LogP contribution in [0.3, 0.4) is 0 Å². The van der Waals surface area contributed by atoms with Crippen LogP contribution in [0.15, 0.2) is 65.6 Å². The molecule has 2 aromatic carbocycles. The van der Waals surface area contributed by atoms with Crippen LogP contribution in [0.1, 0.15) is 10.8 Å². The molecule has 2 aromatic rings. The number of halogens is 2. The third-order valence-electron chi connectivity index (χ3n) is 4.08. The van der Waals surface area contributed by atoms with Crippen molar-refractivity contribution in [2.45, 2.75) is 22.2 Å². The van der Waals surface area contributed by atoms with Gasteiger partial charge in [-0.05, 0) is 17.7 Å². The van der Waals surface area contributed by atoms with Crippen LogP contribution in [0.4, 0.5) is 8.78 Å². The molecular weight excluding hydrogens is 350 g/mol. The topological polar surface area (TPSA) is 52.6 Å². The van der Waals surface area contributed by atoms with Crippen LogP contribution in [-0.4, -0.2) is 40.3 Å². The summed E-state index contributed by atoms with van der Waals surface area (Å²) in [5, 5.41) is -2.06. The fourth-order valence-electron chi connectivity index (χ4n) is 2.86. The summed E-state index contributed by atoms with van der Waals surface area (Å²) in [5.74, 6) is -3.66. The molecule has 0 radical (unpaired) electrons. The Balaban J connectivity index is 2.10. The number of hydrogen-bond acceptors (Lipinski definition) is 4. The minimum atomic E-state index is -4.35. The first-order valence-corrected chi connectivity index (χ1v) is 9.39. The molecule has 0 spiro atoms. The maximum absolute atomic E-state index is 15.3. The van der Waals surface area contributed by atoms with Crippen LogP contribution in [0.2, 0.25) is 0 Å². The Morgan fingerprint density at radius 1 is 0.960 bits per heavy atom. The number of sulfone groups is 1. The number of hydrogen-bond donors (Lipinski definition) is 0. The molecule has 134 valence electrons. The van der Waals surface area contributed by atoms with E-state index in [2.05, 4.69) is 0 Å². The molecule has 1 saturated heterocycles. The SMILES string of the molecule is O=S(=O)(c1ccccc1)C(c1ccccc1)C(F)(F)C1COCCO1. The Morgan fingerprint density at radius 3 is 2.12 bits per heavy atom. The van der Waals surface area contributed by atoms with Gasteiger partial charge in [-0.3, -0.25) is 0 Å². The highest BCUT2D eigenvalue weighted by atomic mass is 32.2. The molecule has 1 aliphatic rings. The summed E-state index contributed by atoms with van der Waals surface area (Å²) < 4.78 is 66.8. The Bertz CT molecular complexity index is 788. The van der Waals surface area contributed by atoms with Gasteiger partial charge in [-0.15, -0.1) is 0 Å². The fraction of sp³-hybridized carbons (Fsp3) is 0.333. The first-order chi connectivity index (χ1) is 11.9. The second-order valence-corrected chi connectivity index (χ2v) is 7.79. The number of alkyl halides is 2. The monoisotopic (exact) mass is 368 g/mol. The van der Waals surface area contributed by atoms with Crippen LogP contribution in [0, 0.1) is 0 Å². The highest BCUT2D eigenvalue weighted by Crippen LogP contribution is 2.44. The van der Waals surface area contributed by atoms with Crippen molar-refractivity contribution in [1.29, 1.82) is 0 Å². The lowest BCUT2D eigenvalue weighted by Crippen LogP contribution is -2.49. The van der Waals surface area contributed by atoms with Crippen molar-refractivity contribution in [2.24, 2.45) is 0 Å². The highest BCUT2D eigenvalue weighted by molar-refractivity contribution is 7.91. The average Bonchev–Trinajstić information content (AvgIpc) is 2.64. The summed E-state index contributed by atoms with van der Waals surface area (Å²) in [7, 11) is -4.35. The summed E-state index contributed by atoms with van der Waals surface area (Å²) in [4.78, 5) is -0.153. The lowest BCUT2D eigenvalue weighted by molar-refractivity contribution is -0.195. The largest absolute Gasteiger partial charge is 0.376 e. The van der Waals surface area contributed by atoms with E-state index < -0.39 is 27.1 Å². The minimum absolute atomic E-state index is 0.00709. The van der Waals surface area contributed by atoms with Gasteiger partial charge >= 0.3 is 0 Å². The molecule has 0 N–H and O–H groups in total. The fourth-order valence-corrected chi connectivity index (χ4v) is 4.75. The quantitative estimate of drug-likeness (QED) is 0.813. The van der Waals surface area contributed by atoms with Gasteiger partial charge in [0.2, 0.25) is 0 Å². The number of benzene rings is 2. The molecular formula is C18H18F2O4S. The van der Waals surface area contributed by atoms with Gasteiger partial charge < -0.3 is 9.47 Å². The lowest BCUT2D eigenvalue weighted by Gasteiger charge is -2.35. The van der Waals surface area contributed by atoms with Crippen molar-refractivity contribution in [3.05, 3.63) is 66.2 Å². The van der Waals surface area contributed by atoms with Crippen molar-refractivity contribution in [2.75, 3.05) is 19.8 Å². The van der Waals surface area contributed by atoms with Gasteiger partial charge in [0.1, 0.15) is 6.10 Å². The number of ether oxygens (including phenoxy) is 2. The van der Waals surface area contributed by atoms with E-state index in [4.69, 9.17) is 9.47 Å². The summed E-state index contributed by atoms with van der Waals surface area (Å²) in [6.45, 7) is -0.123. The summed E-state index contributed by atoms with van der Waals surface area (Å²) in [6.07, 6.45) is -1.62. The van der Waals surface area contributed by atoms with E-state index in [0.29, 0.717) is 0 Å². The van der Waals surface area contributed by atoms with Crippen molar-refractivity contribution in [3.8, 4) is 0 Å². The highest BCUT2D eigenvalue weighted by Gasteiger charge is 2.55. The van der Waals surface area contributed by atoms with Crippen LogP contribution in [0.5, 0.6) is 0 Å². The van der Waals surface area contributed by atoms with Gasteiger partial charge in [0.15, 0.2) is 15.1 Å². The van der Waals surface area contributed by atoms with Crippen LogP contribution < -0.4 is 0 Å². The van der Waals surface area contributed by atoms with Crippen molar-refractivity contribution < 1.29 is 26.7 Å². The normalized spacial score (nSPS) is 20.2. The maximum Gasteiger partial charge on any atom is 0.296 e. The van der Waals surface area contributed by atoms with E-state index in [0.717, 1.165) is 0 Å². The average molecular weight is 368 g/mol. The first kappa shape index (κ1) is 18.0. The van der Waals surface area contributed by atoms with E-state index in [1.165, 1.54) is 48.5 Å². The molecule has 0 saturated carbocycles. The second-order valence-electron chi connectivity index (χ2n) is 5.76. The van der Waals surface area contributed by atoms with Crippen LogP contribution in [0.25, 0.3) is 0 Å². The molecule has 2 atom stereocenters. The molecule has 1 fully saturated rings. The van der Waals surface area contributed by atoms with Gasteiger partial charge in [0, 0.05) is 0 Å². The molecule has 0 aliphatic carbocycles. The molecule has 2 unspecified atom stereocenters. The Morgan fingerprint density at radius 2 is 1.56 bits per heavy atom. The van der Waals surface area contributed by atoms with E-state index >= 15 is 8.78 Å². The first-order valence-electron chi connectivity index (χ1n) is 7.85. The van der Waals surface area contributed by atoms with Crippen LogP contribution >= 0.6 is 0 Å². The Labute approximate surface area is 145 Å². The molecule has 0 aromatic heterocycles. The van der Waals surface area contributed by atoms with Crippen molar-refractivity contribution in [1.82, 2.24) is 0 Å². The van der Waals surface area contributed by atoms with Gasteiger partial charge in [-0.25, -0.2) is 17.2 Å². The molecule has 7 heteroatoms. The second kappa shape index (κ2) is 7.19. The third kappa shape index (κ3) is 3.58. The lowest BCUT2D eigenvalue weighted by atomic mass is 10.0. The molecule has 4 nitrogen and oxygen atoms in total.